The van der Waals surface area contributed by atoms with Crippen molar-refractivity contribution in [3.8, 4) is 11.5 Å². The van der Waals surface area contributed by atoms with Crippen LogP contribution in [-0.2, 0) is 6.42 Å². The molecule has 4 nitrogen and oxygen atoms in total. The lowest BCUT2D eigenvalue weighted by molar-refractivity contribution is 0.174. The standard InChI is InChI=1S/C16H11ClN2O2S/c17-11-3-1-9(2-4-11)16-12-7-14-13(20-8-21-14)5-10(12)6-15(22)18-19-16/h1-5,7H,6,8H2,(H,18,22). The number of ether oxygens (including phenoxy) is 2. The smallest absolute Gasteiger partial charge is 0.231 e. The van der Waals surface area contributed by atoms with Gasteiger partial charge in [0.15, 0.2) is 11.5 Å². The molecule has 0 atom stereocenters. The molecule has 0 unspecified atom stereocenters. The molecule has 0 radical (unpaired) electrons. The van der Waals surface area contributed by atoms with E-state index < -0.39 is 0 Å². The number of rotatable bonds is 1. The van der Waals surface area contributed by atoms with Crippen LogP contribution in [0.3, 0.4) is 0 Å². The normalized spacial score (nSPS) is 15.7. The molecule has 0 aromatic heterocycles. The maximum atomic E-state index is 5.97. The summed E-state index contributed by atoms with van der Waals surface area (Å²) in [6.07, 6.45) is 0.613. The molecular weight excluding hydrogens is 320 g/mol. The lowest BCUT2D eigenvalue weighted by Gasteiger charge is -2.10. The van der Waals surface area contributed by atoms with Crippen LogP contribution in [0, 0.1) is 0 Å². The first-order valence-electron chi connectivity index (χ1n) is 6.76. The Balaban J connectivity index is 1.89. The minimum atomic E-state index is 0.244. The molecule has 2 aromatic carbocycles. The topological polar surface area (TPSA) is 42.9 Å². The van der Waals surface area contributed by atoms with Gasteiger partial charge >= 0.3 is 0 Å². The molecule has 2 aromatic rings. The van der Waals surface area contributed by atoms with Crippen LogP contribution in [0.5, 0.6) is 11.5 Å². The first-order chi connectivity index (χ1) is 10.7. The summed E-state index contributed by atoms with van der Waals surface area (Å²) in [5, 5.41) is 5.14. The first kappa shape index (κ1) is 13.5. The lowest BCUT2D eigenvalue weighted by Crippen LogP contribution is -2.16. The summed E-state index contributed by atoms with van der Waals surface area (Å²) >= 11 is 11.3. The van der Waals surface area contributed by atoms with Gasteiger partial charge in [-0.25, -0.2) is 0 Å². The second-order valence-electron chi connectivity index (χ2n) is 5.04. The summed E-state index contributed by atoms with van der Waals surface area (Å²) in [5.41, 5.74) is 6.75. The zero-order chi connectivity index (χ0) is 15.1. The Kier molecular flexibility index (Phi) is 3.24. The number of nitrogens with zero attached hydrogens (tertiary/aromatic N) is 1. The fourth-order valence-corrected chi connectivity index (χ4v) is 2.90. The minimum Gasteiger partial charge on any atom is -0.454 e. The second kappa shape index (κ2) is 5.26. The van der Waals surface area contributed by atoms with E-state index in [0.29, 0.717) is 16.4 Å². The van der Waals surface area contributed by atoms with Crippen LogP contribution in [0.2, 0.25) is 5.02 Å². The van der Waals surface area contributed by atoms with Crippen LogP contribution in [-0.4, -0.2) is 17.5 Å². The third-order valence-corrected chi connectivity index (χ3v) is 4.10. The highest BCUT2D eigenvalue weighted by Gasteiger charge is 2.23. The van der Waals surface area contributed by atoms with Gasteiger partial charge in [-0.3, -0.25) is 5.43 Å². The van der Waals surface area contributed by atoms with Crippen LogP contribution in [0.15, 0.2) is 41.5 Å². The molecular formula is C16H11ClN2O2S. The van der Waals surface area contributed by atoms with E-state index in [2.05, 4.69) is 10.5 Å². The Morgan fingerprint density at radius 2 is 1.82 bits per heavy atom. The van der Waals surface area contributed by atoms with Crippen LogP contribution in [0.25, 0.3) is 0 Å². The van der Waals surface area contributed by atoms with Gasteiger partial charge in [0.25, 0.3) is 0 Å². The molecule has 0 amide bonds. The van der Waals surface area contributed by atoms with Crippen LogP contribution in [0.1, 0.15) is 16.7 Å². The summed E-state index contributed by atoms with van der Waals surface area (Å²) in [4.78, 5) is 0.670. The van der Waals surface area contributed by atoms with E-state index in [1.54, 1.807) is 0 Å². The molecule has 0 saturated carbocycles. The summed E-state index contributed by atoms with van der Waals surface area (Å²) in [6, 6.07) is 11.5. The Bertz CT molecular complexity index is 803. The van der Waals surface area contributed by atoms with Crippen molar-refractivity contribution in [2.24, 2.45) is 5.10 Å². The maximum absolute atomic E-state index is 5.97. The van der Waals surface area contributed by atoms with E-state index in [1.165, 1.54) is 0 Å². The Labute approximate surface area is 137 Å². The molecule has 1 N–H and O–H groups in total. The number of fused-ring (bicyclic) bond motifs is 2. The molecule has 2 heterocycles. The Morgan fingerprint density at radius 1 is 1.09 bits per heavy atom. The van der Waals surface area contributed by atoms with Gasteiger partial charge in [0.1, 0.15) is 4.99 Å². The van der Waals surface area contributed by atoms with Crippen molar-refractivity contribution in [3.63, 3.8) is 0 Å². The van der Waals surface area contributed by atoms with Gasteiger partial charge < -0.3 is 9.47 Å². The molecule has 0 aliphatic carbocycles. The third-order valence-electron chi connectivity index (χ3n) is 3.61. The van der Waals surface area contributed by atoms with Crippen LogP contribution in [0.4, 0.5) is 0 Å². The molecule has 22 heavy (non-hydrogen) atoms. The largest absolute Gasteiger partial charge is 0.454 e. The first-order valence-corrected chi connectivity index (χ1v) is 7.55. The number of hydrogen-bond donors (Lipinski definition) is 1. The van der Waals surface area contributed by atoms with Crippen molar-refractivity contribution in [3.05, 3.63) is 58.1 Å². The van der Waals surface area contributed by atoms with E-state index in [1.807, 2.05) is 36.4 Å². The average Bonchev–Trinajstić information content (AvgIpc) is 2.89. The summed E-state index contributed by atoms with van der Waals surface area (Å²) in [6.45, 7) is 0.244. The zero-order valence-corrected chi connectivity index (χ0v) is 13.0. The van der Waals surface area contributed by atoms with Gasteiger partial charge in [-0.15, -0.1) is 0 Å². The summed E-state index contributed by atoms with van der Waals surface area (Å²) in [5.74, 6) is 1.48. The van der Waals surface area contributed by atoms with Crippen molar-refractivity contribution in [2.45, 2.75) is 6.42 Å². The van der Waals surface area contributed by atoms with Gasteiger partial charge in [0.05, 0.1) is 5.71 Å². The molecule has 2 aliphatic rings. The Hall–Kier alpha value is -2.11. The highest BCUT2D eigenvalue weighted by molar-refractivity contribution is 7.80. The fourth-order valence-electron chi connectivity index (χ4n) is 2.57. The summed E-state index contributed by atoms with van der Waals surface area (Å²) in [7, 11) is 0. The van der Waals surface area contributed by atoms with Gasteiger partial charge in [-0.1, -0.05) is 36.0 Å². The predicted octanol–water partition coefficient (Wildman–Crippen LogP) is 3.29. The number of benzene rings is 2. The van der Waals surface area contributed by atoms with E-state index in [0.717, 1.165) is 33.9 Å². The molecule has 110 valence electrons. The van der Waals surface area contributed by atoms with Crippen molar-refractivity contribution in [1.29, 1.82) is 0 Å². The molecule has 2 aliphatic heterocycles. The van der Waals surface area contributed by atoms with E-state index in [4.69, 9.17) is 33.3 Å². The van der Waals surface area contributed by atoms with Gasteiger partial charge in [0, 0.05) is 22.6 Å². The third kappa shape index (κ3) is 2.32. The monoisotopic (exact) mass is 330 g/mol. The minimum absolute atomic E-state index is 0.244. The lowest BCUT2D eigenvalue weighted by atomic mass is 9.95. The zero-order valence-electron chi connectivity index (χ0n) is 11.4. The van der Waals surface area contributed by atoms with Crippen LogP contribution < -0.4 is 14.9 Å². The quantitative estimate of drug-likeness (QED) is 0.815. The van der Waals surface area contributed by atoms with E-state index >= 15 is 0 Å². The number of thiocarbonyl (C=S) groups is 1. The predicted molar refractivity (Wildman–Crippen MR) is 89.1 cm³/mol. The highest BCUT2D eigenvalue weighted by atomic mass is 35.5. The van der Waals surface area contributed by atoms with Crippen LogP contribution >= 0.6 is 23.8 Å². The number of hydrogen-bond acceptors (Lipinski definition) is 4. The number of hydrazone groups is 1. The van der Waals surface area contributed by atoms with Crippen molar-refractivity contribution < 1.29 is 9.47 Å². The molecule has 0 fully saturated rings. The molecule has 0 bridgehead atoms. The molecule has 0 spiro atoms. The highest BCUT2D eigenvalue weighted by Crippen LogP contribution is 2.36. The molecule has 4 rings (SSSR count). The van der Waals surface area contributed by atoms with Gasteiger partial charge in [-0.2, -0.15) is 5.10 Å². The molecule has 0 saturated heterocycles. The SMILES string of the molecule is S=C1Cc2cc3c(cc2C(c2ccc(Cl)cc2)=NN1)OCO3. The van der Waals surface area contributed by atoms with E-state index in [-0.39, 0.29) is 6.79 Å². The van der Waals surface area contributed by atoms with Crippen molar-refractivity contribution in [2.75, 3.05) is 6.79 Å². The van der Waals surface area contributed by atoms with Crippen molar-refractivity contribution in [1.82, 2.24) is 5.43 Å². The van der Waals surface area contributed by atoms with Gasteiger partial charge in [0.2, 0.25) is 6.79 Å². The number of halogens is 1. The second-order valence-corrected chi connectivity index (χ2v) is 5.97. The fraction of sp³-hybridized carbons (Fsp3) is 0.125. The number of nitrogens with one attached hydrogen (secondary N) is 1. The summed E-state index contributed by atoms with van der Waals surface area (Å²) < 4.78 is 10.9. The van der Waals surface area contributed by atoms with E-state index in [9.17, 15) is 0 Å². The molecule has 6 heteroatoms. The van der Waals surface area contributed by atoms with Crippen molar-refractivity contribution >= 4 is 34.5 Å². The Morgan fingerprint density at radius 3 is 2.59 bits per heavy atom. The average molecular weight is 331 g/mol. The van der Waals surface area contributed by atoms with Gasteiger partial charge in [-0.05, 0) is 29.8 Å². The maximum Gasteiger partial charge on any atom is 0.231 e.